The number of benzene rings is 3. The monoisotopic (exact) mass is 473 g/mol. The first-order chi connectivity index (χ1) is 15.2. The number of sulfonamides is 1. The van der Waals surface area contributed by atoms with E-state index in [0.717, 1.165) is 0 Å². The van der Waals surface area contributed by atoms with Crippen LogP contribution in [0.2, 0.25) is 5.02 Å². The molecule has 3 rings (SSSR count). The Hall–Kier alpha value is -3.27. The number of carbonyl (C=O) groups is 1. The molecule has 3 aromatic carbocycles. The molecule has 0 unspecified atom stereocenters. The van der Waals surface area contributed by atoms with Crippen LogP contribution in [-0.2, 0) is 27.9 Å². The lowest BCUT2D eigenvalue weighted by Gasteiger charge is -2.23. The summed E-state index contributed by atoms with van der Waals surface area (Å²) < 4.78 is 28.1. The number of nitrogens with one attached hydrogen (secondary N) is 1. The van der Waals surface area contributed by atoms with E-state index in [-0.39, 0.29) is 29.6 Å². The Morgan fingerprint density at radius 1 is 1.03 bits per heavy atom. The Kier molecular flexibility index (Phi) is 7.24. The van der Waals surface area contributed by atoms with Crippen molar-refractivity contribution < 1.29 is 18.1 Å². The molecule has 8 nitrogen and oxygen atoms in total. The van der Waals surface area contributed by atoms with Crippen molar-refractivity contribution in [2.45, 2.75) is 24.9 Å². The summed E-state index contributed by atoms with van der Waals surface area (Å²) in [6.45, 7) is 1.23. The number of nitrogens with zero attached hydrogens (tertiary/aromatic N) is 2. The number of rotatable bonds is 8. The fourth-order valence-electron chi connectivity index (χ4n) is 3.08. The molecule has 10 heteroatoms. The van der Waals surface area contributed by atoms with Crippen LogP contribution in [0.5, 0.6) is 0 Å². The van der Waals surface area contributed by atoms with Crippen LogP contribution in [0, 0.1) is 10.1 Å². The van der Waals surface area contributed by atoms with Gasteiger partial charge in [-0.1, -0.05) is 41.9 Å². The Bertz CT molecular complexity index is 1250. The summed E-state index contributed by atoms with van der Waals surface area (Å²) in [5.74, 6) is -0.272. The van der Waals surface area contributed by atoms with E-state index < -0.39 is 14.9 Å². The number of anilines is 1. The molecular weight excluding hydrogens is 454 g/mol. The zero-order valence-electron chi connectivity index (χ0n) is 17.1. The highest BCUT2D eigenvalue weighted by Gasteiger charge is 2.26. The molecule has 0 aliphatic heterocycles. The minimum atomic E-state index is -4.00. The SMILES string of the molecule is CC(=O)Nc1ccc(S(=O)(=O)N(Cc2cccc([N+](=O)[O-])c2)Cc2ccccc2Cl)cc1. The van der Waals surface area contributed by atoms with Crippen molar-refractivity contribution in [3.8, 4) is 0 Å². The van der Waals surface area contributed by atoms with Gasteiger partial charge in [0.1, 0.15) is 0 Å². The van der Waals surface area contributed by atoms with Crippen molar-refractivity contribution in [1.82, 2.24) is 4.31 Å². The van der Waals surface area contributed by atoms with Gasteiger partial charge in [-0.2, -0.15) is 4.31 Å². The Morgan fingerprint density at radius 3 is 2.34 bits per heavy atom. The molecule has 0 aliphatic rings. The van der Waals surface area contributed by atoms with E-state index in [1.165, 1.54) is 53.7 Å². The van der Waals surface area contributed by atoms with Gasteiger partial charge in [-0.25, -0.2) is 8.42 Å². The van der Waals surface area contributed by atoms with Crippen LogP contribution < -0.4 is 5.32 Å². The van der Waals surface area contributed by atoms with Crippen LogP contribution in [0.15, 0.2) is 77.7 Å². The first-order valence-electron chi connectivity index (χ1n) is 9.51. The van der Waals surface area contributed by atoms with Gasteiger partial charge in [0.15, 0.2) is 0 Å². The highest BCUT2D eigenvalue weighted by atomic mass is 35.5. The number of nitro benzene ring substituents is 1. The molecular formula is C22H20ClN3O5S. The summed E-state index contributed by atoms with van der Waals surface area (Å²) >= 11 is 6.25. The average molecular weight is 474 g/mol. The van der Waals surface area contributed by atoms with Crippen molar-refractivity contribution in [2.75, 3.05) is 5.32 Å². The number of amides is 1. The predicted octanol–water partition coefficient (Wildman–Crippen LogP) is 4.60. The number of non-ortho nitro benzene ring substituents is 1. The van der Waals surface area contributed by atoms with E-state index in [4.69, 9.17) is 11.6 Å². The van der Waals surface area contributed by atoms with Crippen molar-refractivity contribution in [1.29, 1.82) is 0 Å². The average Bonchev–Trinajstić information content (AvgIpc) is 2.75. The number of carbonyl (C=O) groups excluding carboxylic acids is 1. The number of nitro groups is 1. The number of hydrogen-bond donors (Lipinski definition) is 1. The third-order valence-corrected chi connectivity index (χ3v) is 6.77. The molecule has 0 atom stereocenters. The molecule has 0 saturated heterocycles. The maximum Gasteiger partial charge on any atom is 0.269 e. The van der Waals surface area contributed by atoms with E-state index in [9.17, 15) is 23.3 Å². The van der Waals surface area contributed by atoms with Crippen molar-refractivity contribution in [3.05, 3.63) is 99.1 Å². The van der Waals surface area contributed by atoms with Crippen LogP contribution in [0.25, 0.3) is 0 Å². The van der Waals surface area contributed by atoms with Crippen molar-refractivity contribution >= 4 is 38.9 Å². The molecule has 166 valence electrons. The first kappa shape index (κ1) is 23.4. The number of hydrogen-bond acceptors (Lipinski definition) is 5. The molecule has 0 bridgehead atoms. The molecule has 0 saturated carbocycles. The van der Waals surface area contributed by atoms with Gasteiger partial charge >= 0.3 is 0 Å². The second-order valence-electron chi connectivity index (χ2n) is 7.00. The molecule has 0 aliphatic carbocycles. The zero-order chi connectivity index (χ0) is 23.3. The minimum absolute atomic E-state index is 0.0177. The quantitative estimate of drug-likeness (QED) is 0.380. The van der Waals surface area contributed by atoms with Crippen LogP contribution in [0.1, 0.15) is 18.1 Å². The molecule has 0 fully saturated rings. The maximum absolute atomic E-state index is 13.5. The van der Waals surface area contributed by atoms with Gasteiger partial charge in [0.2, 0.25) is 15.9 Å². The van der Waals surface area contributed by atoms with Gasteiger partial charge in [-0.15, -0.1) is 0 Å². The third-order valence-electron chi connectivity index (χ3n) is 4.60. The summed E-state index contributed by atoms with van der Waals surface area (Å²) in [7, 11) is -4.00. The molecule has 3 aromatic rings. The molecule has 1 N–H and O–H groups in total. The summed E-state index contributed by atoms with van der Waals surface area (Å²) in [5, 5.41) is 14.1. The normalized spacial score (nSPS) is 11.3. The van der Waals surface area contributed by atoms with Crippen LogP contribution in [-0.4, -0.2) is 23.6 Å². The van der Waals surface area contributed by atoms with E-state index in [1.54, 1.807) is 30.3 Å². The Balaban J connectivity index is 1.98. The summed E-state index contributed by atoms with van der Waals surface area (Å²) in [5.41, 5.74) is 1.40. The fourth-order valence-corrected chi connectivity index (χ4v) is 4.68. The highest BCUT2D eigenvalue weighted by Crippen LogP contribution is 2.26. The van der Waals surface area contributed by atoms with E-state index in [1.807, 2.05) is 0 Å². The number of halogens is 1. The first-order valence-corrected chi connectivity index (χ1v) is 11.3. The van der Waals surface area contributed by atoms with Gasteiger partial charge in [-0.05, 0) is 41.5 Å². The van der Waals surface area contributed by atoms with Crippen molar-refractivity contribution in [2.24, 2.45) is 0 Å². The Labute approximate surface area is 190 Å². The van der Waals surface area contributed by atoms with Gasteiger partial charge in [-0.3, -0.25) is 14.9 Å². The summed E-state index contributed by atoms with van der Waals surface area (Å²) in [4.78, 5) is 21.8. The Morgan fingerprint density at radius 2 is 1.72 bits per heavy atom. The molecule has 0 spiro atoms. The second kappa shape index (κ2) is 9.90. The zero-order valence-corrected chi connectivity index (χ0v) is 18.6. The van der Waals surface area contributed by atoms with Gasteiger partial charge in [0, 0.05) is 42.9 Å². The van der Waals surface area contributed by atoms with Crippen LogP contribution in [0.4, 0.5) is 11.4 Å². The standard InChI is InChI=1S/C22H20ClN3O5S/c1-16(27)24-19-9-11-21(12-10-19)32(30,31)25(15-18-6-2-3-8-22(18)23)14-17-5-4-7-20(13-17)26(28)29/h2-13H,14-15H2,1H3,(H,24,27). The minimum Gasteiger partial charge on any atom is -0.326 e. The van der Waals surface area contributed by atoms with Gasteiger partial charge in [0.05, 0.1) is 9.82 Å². The summed E-state index contributed by atoms with van der Waals surface area (Å²) in [6, 6.07) is 18.5. The molecule has 1 amide bonds. The smallest absolute Gasteiger partial charge is 0.269 e. The van der Waals surface area contributed by atoms with E-state index in [0.29, 0.717) is 21.8 Å². The van der Waals surface area contributed by atoms with E-state index in [2.05, 4.69) is 5.32 Å². The predicted molar refractivity (Wildman–Crippen MR) is 122 cm³/mol. The molecule has 0 radical (unpaired) electrons. The summed E-state index contributed by atoms with van der Waals surface area (Å²) in [6.07, 6.45) is 0. The lowest BCUT2D eigenvalue weighted by atomic mass is 10.2. The lowest BCUT2D eigenvalue weighted by molar-refractivity contribution is -0.384. The van der Waals surface area contributed by atoms with Crippen LogP contribution >= 0.6 is 11.6 Å². The van der Waals surface area contributed by atoms with Gasteiger partial charge in [0.25, 0.3) is 5.69 Å². The highest BCUT2D eigenvalue weighted by molar-refractivity contribution is 7.89. The molecule has 0 aromatic heterocycles. The van der Waals surface area contributed by atoms with Gasteiger partial charge < -0.3 is 5.32 Å². The topological polar surface area (TPSA) is 110 Å². The molecule has 0 heterocycles. The molecule has 32 heavy (non-hydrogen) atoms. The maximum atomic E-state index is 13.5. The van der Waals surface area contributed by atoms with Crippen LogP contribution in [0.3, 0.4) is 0 Å². The largest absolute Gasteiger partial charge is 0.326 e. The third kappa shape index (κ3) is 5.70. The second-order valence-corrected chi connectivity index (χ2v) is 9.34. The van der Waals surface area contributed by atoms with E-state index >= 15 is 0 Å². The fraction of sp³-hybridized carbons (Fsp3) is 0.136. The lowest BCUT2D eigenvalue weighted by Crippen LogP contribution is -2.30. The van der Waals surface area contributed by atoms with Crippen molar-refractivity contribution in [3.63, 3.8) is 0 Å².